The van der Waals surface area contributed by atoms with Crippen LogP contribution >= 0.6 is 0 Å². The average molecular weight is 325 g/mol. The van der Waals surface area contributed by atoms with Gasteiger partial charge in [0.15, 0.2) is 0 Å². The highest BCUT2D eigenvalue weighted by Gasteiger charge is 2.29. The molecular weight excluding hydrogens is 294 g/mol. The molecule has 1 heterocycles. The number of ether oxygens (including phenoxy) is 1. The minimum absolute atomic E-state index is 0.0221. The Bertz CT molecular complexity index is 379. The first kappa shape index (κ1) is 18.2. The summed E-state index contributed by atoms with van der Waals surface area (Å²) in [6.07, 6.45) is 10.4. The SMILES string of the molecule is O=C(CCCC1CCOCC1)NC1CCCCCCC1C(=O)O. The van der Waals surface area contributed by atoms with Gasteiger partial charge in [-0.3, -0.25) is 9.59 Å². The molecule has 1 amide bonds. The molecule has 5 nitrogen and oxygen atoms in total. The molecule has 2 aliphatic rings. The first-order valence-corrected chi connectivity index (χ1v) is 9.26. The summed E-state index contributed by atoms with van der Waals surface area (Å²) in [4.78, 5) is 23.7. The van der Waals surface area contributed by atoms with Crippen molar-refractivity contribution >= 4 is 11.9 Å². The number of rotatable bonds is 6. The van der Waals surface area contributed by atoms with Gasteiger partial charge in [-0.05, 0) is 44.4 Å². The average Bonchev–Trinajstić information content (AvgIpc) is 2.51. The first-order valence-electron chi connectivity index (χ1n) is 9.26. The van der Waals surface area contributed by atoms with Crippen molar-refractivity contribution in [1.29, 1.82) is 0 Å². The van der Waals surface area contributed by atoms with E-state index in [0.717, 1.165) is 71.0 Å². The number of carboxylic acids is 1. The molecule has 0 aromatic rings. The highest BCUT2D eigenvalue weighted by Crippen LogP contribution is 2.24. The summed E-state index contributed by atoms with van der Waals surface area (Å²) in [7, 11) is 0. The molecule has 2 fully saturated rings. The van der Waals surface area contributed by atoms with Crippen molar-refractivity contribution in [1.82, 2.24) is 5.32 Å². The molecule has 2 rings (SSSR count). The summed E-state index contributed by atoms with van der Waals surface area (Å²) in [6.45, 7) is 1.69. The van der Waals surface area contributed by atoms with Crippen molar-refractivity contribution in [2.24, 2.45) is 11.8 Å². The van der Waals surface area contributed by atoms with Crippen molar-refractivity contribution < 1.29 is 19.4 Å². The summed E-state index contributed by atoms with van der Waals surface area (Å²) in [5.74, 6) is -0.479. The van der Waals surface area contributed by atoms with Crippen LogP contribution in [0.3, 0.4) is 0 Å². The van der Waals surface area contributed by atoms with E-state index in [1.54, 1.807) is 0 Å². The number of carboxylic acid groups (broad SMARTS) is 1. The van der Waals surface area contributed by atoms with Crippen LogP contribution in [0.1, 0.15) is 70.6 Å². The largest absolute Gasteiger partial charge is 0.481 e. The highest BCUT2D eigenvalue weighted by atomic mass is 16.5. The van der Waals surface area contributed by atoms with E-state index >= 15 is 0 Å². The predicted molar refractivity (Wildman–Crippen MR) is 88.2 cm³/mol. The van der Waals surface area contributed by atoms with Crippen molar-refractivity contribution in [3.05, 3.63) is 0 Å². The van der Waals surface area contributed by atoms with Gasteiger partial charge in [-0.25, -0.2) is 0 Å². The lowest BCUT2D eigenvalue weighted by Crippen LogP contribution is -2.43. The van der Waals surface area contributed by atoms with Crippen LogP contribution in [0.25, 0.3) is 0 Å². The molecule has 2 atom stereocenters. The molecule has 0 aromatic carbocycles. The fourth-order valence-corrected chi connectivity index (χ4v) is 3.82. The minimum Gasteiger partial charge on any atom is -0.481 e. The Balaban J connectivity index is 1.73. The highest BCUT2D eigenvalue weighted by molar-refractivity contribution is 5.78. The van der Waals surface area contributed by atoms with Crippen LogP contribution in [0.2, 0.25) is 0 Å². The maximum atomic E-state index is 12.2. The molecule has 0 aromatic heterocycles. The van der Waals surface area contributed by atoms with Gasteiger partial charge in [0.2, 0.25) is 5.91 Å². The lowest BCUT2D eigenvalue weighted by Gasteiger charge is -2.27. The number of nitrogens with one attached hydrogen (secondary N) is 1. The molecule has 0 bridgehead atoms. The van der Waals surface area contributed by atoms with E-state index < -0.39 is 11.9 Å². The van der Waals surface area contributed by atoms with Crippen molar-refractivity contribution in [3.8, 4) is 0 Å². The molecule has 5 heteroatoms. The fourth-order valence-electron chi connectivity index (χ4n) is 3.82. The van der Waals surface area contributed by atoms with Gasteiger partial charge in [0.25, 0.3) is 0 Å². The zero-order valence-corrected chi connectivity index (χ0v) is 14.1. The van der Waals surface area contributed by atoms with Gasteiger partial charge in [0.1, 0.15) is 0 Å². The van der Waals surface area contributed by atoms with Gasteiger partial charge >= 0.3 is 5.97 Å². The molecule has 0 spiro atoms. The second kappa shape index (κ2) is 9.91. The molecule has 132 valence electrons. The molecule has 1 aliphatic heterocycles. The molecule has 0 radical (unpaired) electrons. The van der Waals surface area contributed by atoms with Crippen LogP contribution in [0, 0.1) is 11.8 Å². The second-order valence-electron chi connectivity index (χ2n) is 7.06. The Labute approximate surface area is 139 Å². The van der Waals surface area contributed by atoms with E-state index in [9.17, 15) is 14.7 Å². The third-order valence-electron chi connectivity index (χ3n) is 5.29. The first-order chi connectivity index (χ1) is 11.2. The Morgan fingerprint density at radius 1 is 1.00 bits per heavy atom. The standard InChI is InChI=1S/C18H31NO4/c20-17(9-5-6-14-10-12-23-13-11-14)19-16-8-4-2-1-3-7-15(16)18(21)22/h14-16H,1-13H2,(H,19,20)(H,21,22). The van der Waals surface area contributed by atoms with Crippen LogP contribution in [-0.4, -0.2) is 36.2 Å². The Morgan fingerprint density at radius 2 is 1.70 bits per heavy atom. The number of aliphatic carboxylic acids is 1. The third kappa shape index (κ3) is 6.50. The molecule has 1 saturated heterocycles. The van der Waals surface area contributed by atoms with E-state index in [2.05, 4.69) is 5.32 Å². The predicted octanol–water partition coefficient (Wildman–Crippen LogP) is 3.12. The number of carbonyl (C=O) groups excluding carboxylic acids is 1. The molecule has 2 N–H and O–H groups in total. The van der Waals surface area contributed by atoms with E-state index in [1.807, 2.05) is 0 Å². The molecule has 2 unspecified atom stereocenters. The third-order valence-corrected chi connectivity index (χ3v) is 5.29. The van der Waals surface area contributed by atoms with Gasteiger partial charge in [-0.2, -0.15) is 0 Å². The zero-order chi connectivity index (χ0) is 16.5. The second-order valence-corrected chi connectivity index (χ2v) is 7.06. The Morgan fingerprint density at radius 3 is 2.39 bits per heavy atom. The summed E-state index contributed by atoms with van der Waals surface area (Å²) in [5, 5.41) is 12.4. The van der Waals surface area contributed by atoms with E-state index in [1.165, 1.54) is 0 Å². The van der Waals surface area contributed by atoms with Crippen LogP contribution < -0.4 is 5.32 Å². The Kier molecular flexibility index (Phi) is 7.86. The van der Waals surface area contributed by atoms with Crippen LogP contribution in [-0.2, 0) is 14.3 Å². The van der Waals surface area contributed by atoms with Crippen LogP contribution in [0.5, 0.6) is 0 Å². The monoisotopic (exact) mass is 325 g/mol. The van der Waals surface area contributed by atoms with Crippen molar-refractivity contribution in [2.75, 3.05) is 13.2 Å². The minimum atomic E-state index is -0.764. The van der Waals surface area contributed by atoms with E-state index in [4.69, 9.17) is 4.74 Å². The summed E-state index contributed by atoms with van der Waals surface area (Å²) in [6, 6.07) is -0.191. The van der Waals surface area contributed by atoms with Gasteiger partial charge < -0.3 is 15.2 Å². The van der Waals surface area contributed by atoms with E-state index in [0.29, 0.717) is 18.8 Å². The lowest BCUT2D eigenvalue weighted by atomic mass is 9.86. The number of hydrogen-bond acceptors (Lipinski definition) is 3. The maximum Gasteiger partial charge on any atom is 0.308 e. The quantitative estimate of drug-likeness (QED) is 0.787. The maximum absolute atomic E-state index is 12.2. The molecule has 1 aliphatic carbocycles. The lowest BCUT2D eigenvalue weighted by molar-refractivity contribution is -0.143. The van der Waals surface area contributed by atoms with Crippen molar-refractivity contribution in [3.63, 3.8) is 0 Å². The summed E-state index contributed by atoms with van der Waals surface area (Å²) < 4.78 is 5.35. The molecule has 1 saturated carbocycles. The van der Waals surface area contributed by atoms with Gasteiger partial charge in [0.05, 0.1) is 5.92 Å². The summed E-state index contributed by atoms with van der Waals surface area (Å²) in [5.41, 5.74) is 0. The fraction of sp³-hybridized carbons (Fsp3) is 0.889. The van der Waals surface area contributed by atoms with E-state index in [-0.39, 0.29) is 11.9 Å². The number of amides is 1. The smallest absolute Gasteiger partial charge is 0.308 e. The van der Waals surface area contributed by atoms with Gasteiger partial charge in [-0.15, -0.1) is 0 Å². The summed E-state index contributed by atoms with van der Waals surface area (Å²) >= 11 is 0. The van der Waals surface area contributed by atoms with Crippen LogP contribution in [0.4, 0.5) is 0 Å². The van der Waals surface area contributed by atoms with Gasteiger partial charge in [-0.1, -0.05) is 25.7 Å². The van der Waals surface area contributed by atoms with Crippen LogP contribution in [0.15, 0.2) is 0 Å². The Hall–Kier alpha value is -1.10. The normalized spacial score (nSPS) is 27.0. The van der Waals surface area contributed by atoms with Crippen molar-refractivity contribution in [2.45, 2.75) is 76.7 Å². The zero-order valence-electron chi connectivity index (χ0n) is 14.1. The molecule has 23 heavy (non-hydrogen) atoms. The van der Waals surface area contributed by atoms with Gasteiger partial charge in [0, 0.05) is 25.7 Å². The number of carbonyl (C=O) groups is 2. The topological polar surface area (TPSA) is 75.6 Å². The molecular formula is C18H31NO4. The number of hydrogen-bond donors (Lipinski definition) is 2.